The molecule has 6 nitrogen and oxygen atoms in total. The molecule has 0 radical (unpaired) electrons. The van der Waals surface area contributed by atoms with E-state index in [1.54, 1.807) is 4.90 Å². The molecule has 0 bridgehead atoms. The van der Waals surface area contributed by atoms with Gasteiger partial charge in [0.2, 0.25) is 0 Å². The molecule has 25 heavy (non-hydrogen) atoms. The second kappa shape index (κ2) is 12.6. The van der Waals surface area contributed by atoms with Crippen LogP contribution >= 0.6 is 24.0 Å². The highest BCUT2D eigenvalue weighted by Crippen LogP contribution is 2.22. The number of piperidine rings is 1. The molecular weight excluding hydrogens is 431 g/mol. The van der Waals surface area contributed by atoms with Gasteiger partial charge in [-0.1, -0.05) is 32.1 Å². The van der Waals surface area contributed by atoms with Crippen LogP contribution in [0.15, 0.2) is 4.99 Å². The molecule has 0 unspecified atom stereocenters. The van der Waals surface area contributed by atoms with E-state index in [1.807, 2.05) is 6.92 Å². The zero-order valence-corrected chi connectivity index (χ0v) is 17.9. The molecule has 0 aromatic carbocycles. The van der Waals surface area contributed by atoms with Crippen molar-refractivity contribution in [3.05, 3.63) is 0 Å². The van der Waals surface area contributed by atoms with Crippen molar-refractivity contribution in [1.29, 1.82) is 0 Å². The molecule has 3 N–H and O–H groups in total. The van der Waals surface area contributed by atoms with Gasteiger partial charge in [0, 0.05) is 25.7 Å². The van der Waals surface area contributed by atoms with E-state index in [1.165, 1.54) is 44.9 Å². The van der Waals surface area contributed by atoms with Crippen LogP contribution in [0.3, 0.4) is 0 Å². The maximum absolute atomic E-state index is 11.7. The predicted molar refractivity (Wildman–Crippen MR) is 112 cm³/mol. The van der Waals surface area contributed by atoms with E-state index in [9.17, 15) is 4.79 Å². The van der Waals surface area contributed by atoms with Gasteiger partial charge < -0.3 is 20.7 Å². The number of guanidine groups is 1. The third kappa shape index (κ3) is 8.46. The maximum atomic E-state index is 11.7. The summed E-state index contributed by atoms with van der Waals surface area (Å²) in [5.41, 5.74) is 6.07. The molecule has 1 saturated heterocycles. The minimum atomic E-state index is -0.207. The molecule has 7 heteroatoms. The third-order valence-corrected chi connectivity index (χ3v) is 5.12. The Labute approximate surface area is 169 Å². The standard InChI is InChI=1S/C18H34N4O2.HI/c1-2-24-18(23)22-12-10-16(11-13-22)21-17(19)20-14-15-8-6-4-3-5-7-9-15;/h15-16H,2-14H2,1H3,(H3,19,20,21);1H. The van der Waals surface area contributed by atoms with Crippen LogP contribution < -0.4 is 11.1 Å². The lowest BCUT2D eigenvalue weighted by molar-refractivity contribution is 0.0963. The Balaban J connectivity index is 0.00000312. The van der Waals surface area contributed by atoms with Crippen molar-refractivity contribution in [3.8, 4) is 0 Å². The van der Waals surface area contributed by atoms with Crippen molar-refractivity contribution >= 4 is 36.0 Å². The maximum Gasteiger partial charge on any atom is 0.409 e. The highest BCUT2D eigenvalue weighted by molar-refractivity contribution is 14.0. The van der Waals surface area contributed by atoms with E-state index < -0.39 is 0 Å². The van der Waals surface area contributed by atoms with Gasteiger partial charge in [0.25, 0.3) is 0 Å². The summed E-state index contributed by atoms with van der Waals surface area (Å²) in [6, 6.07) is 0.303. The van der Waals surface area contributed by atoms with Crippen molar-refractivity contribution in [1.82, 2.24) is 10.2 Å². The van der Waals surface area contributed by atoms with Gasteiger partial charge >= 0.3 is 6.09 Å². The first-order valence-corrected chi connectivity index (χ1v) is 9.67. The van der Waals surface area contributed by atoms with Crippen molar-refractivity contribution in [2.24, 2.45) is 16.6 Å². The van der Waals surface area contributed by atoms with E-state index in [0.717, 1.165) is 19.4 Å². The van der Waals surface area contributed by atoms with Crippen LogP contribution in [0, 0.1) is 5.92 Å². The van der Waals surface area contributed by atoms with Crippen LogP contribution in [-0.4, -0.2) is 49.2 Å². The molecule has 0 atom stereocenters. The number of nitrogens with zero attached hydrogens (tertiary/aromatic N) is 2. The van der Waals surface area contributed by atoms with E-state index in [2.05, 4.69) is 10.3 Å². The van der Waals surface area contributed by atoms with Gasteiger partial charge in [0.1, 0.15) is 0 Å². The SMILES string of the molecule is CCOC(=O)N1CCC(NC(N)=NCC2CCCCCCC2)CC1.I. The first-order valence-electron chi connectivity index (χ1n) is 9.67. The van der Waals surface area contributed by atoms with Crippen molar-refractivity contribution in [2.45, 2.75) is 70.8 Å². The van der Waals surface area contributed by atoms with Gasteiger partial charge in [0.05, 0.1) is 6.61 Å². The Morgan fingerprint density at radius 2 is 1.72 bits per heavy atom. The van der Waals surface area contributed by atoms with Crippen LogP contribution in [0.25, 0.3) is 0 Å². The fraction of sp³-hybridized carbons (Fsp3) is 0.889. The summed E-state index contributed by atoms with van der Waals surface area (Å²) in [7, 11) is 0. The minimum absolute atomic E-state index is 0. The van der Waals surface area contributed by atoms with E-state index >= 15 is 0 Å². The van der Waals surface area contributed by atoms with Crippen LogP contribution in [0.5, 0.6) is 0 Å². The minimum Gasteiger partial charge on any atom is -0.450 e. The van der Waals surface area contributed by atoms with Crippen molar-refractivity contribution in [3.63, 3.8) is 0 Å². The predicted octanol–water partition coefficient (Wildman–Crippen LogP) is 3.49. The lowest BCUT2D eigenvalue weighted by atomic mass is 9.91. The van der Waals surface area contributed by atoms with Gasteiger partial charge in [-0.25, -0.2) is 4.79 Å². The Kier molecular flexibility index (Phi) is 11.2. The fourth-order valence-electron chi connectivity index (χ4n) is 3.63. The molecule has 0 aromatic rings. The smallest absolute Gasteiger partial charge is 0.409 e. The molecular formula is C18H35IN4O2. The topological polar surface area (TPSA) is 80.0 Å². The molecule has 1 aliphatic heterocycles. The summed E-state index contributed by atoms with van der Waals surface area (Å²) in [5.74, 6) is 1.25. The van der Waals surface area contributed by atoms with Crippen molar-refractivity contribution < 1.29 is 9.53 Å². The molecule has 0 aromatic heterocycles. The number of halogens is 1. The largest absolute Gasteiger partial charge is 0.450 e. The first kappa shape index (κ1) is 22.3. The lowest BCUT2D eigenvalue weighted by Gasteiger charge is -2.31. The number of carbonyl (C=O) groups excluding carboxylic acids is 1. The molecule has 1 aliphatic carbocycles. The zero-order valence-electron chi connectivity index (χ0n) is 15.5. The van der Waals surface area contributed by atoms with Crippen molar-refractivity contribution in [2.75, 3.05) is 26.2 Å². The number of likely N-dealkylation sites (tertiary alicyclic amines) is 1. The molecule has 2 aliphatic rings. The second-order valence-electron chi connectivity index (χ2n) is 7.04. The number of carbonyl (C=O) groups is 1. The molecule has 1 amide bonds. The summed E-state index contributed by atoms with van der Waals surface area (Å²) in [6.07, 6.45) is 10.9. The quantitative estimate of drug-likeness (QED) is 0.378. The number of hydrogen-bond acceptors (Lipinski definition) is 3. The highest BCUT2D eigenvalue weighted by Gasteiger charge is 2.23. The number of aliphatic imine (C=N–C) groups is 1. The lowest BCUT2D eigenvalue weighted by Crippen LogP contribution is -2.48. The number of hydrogen-bond donors (Lipinski definition) is 2. The number of amides is 1. The Morgan fingerprint density at radius 1 is 1.12 bits per heavy atom. The highest BCUT2D eigenvalue weighted by atomic mass is 127. The molecule has 146 valence electrons. The number of nitrogens with two attached hydrogens (primary N) is 1. The molecule has 2 fully saturated rings. The van der Waals surface area contributed by atoms with Gasteiger partial charge in [-0.05, 0) is 38.5 Å². The monoisotopic (exact) mass is 466 g/mol. The zero-order chi connectivity index (χ0) is 17.2. The molecule has 0 spiro atoms. The number of ether oxygens (including phenoxy) is 1. The number of nitrogens with one attached hydrogen (secondary N) is 1. The van der Waals surface area contributed by atoms with E-state index in [4.69, 9.17) is 10.5 Å². The summed E-state index contributed by atoms with van der Waals surface area (Å²) in [6.45, 7) is 4.54. The van der Waals surface area contributed by atoms with E-state index in [-0.39, 0.29) is 30.1 Å². The summed E-state index contributed by atoms with van der Waals surface area (Å²) in [5, 5.41) is 3.33. The van der Waals surface area contributed by atoms with Crippen LogP contribution in [0.4, 0.5) is 4.79 Å². The van der Waals surface area contributed by atoms with Gasteiger partial charge in [-0.15, -0.1) is 24.0 Å². The summed E-state index contributed by atoms with van der Waals surface area (Å²) >= 11 is 0. The molecule has 1 heterocycles. The second-order valence-corrected chi connectivity index (χ2v) is 7.04. The van der Waals surface area contributed by atoms with Gasteiger partial charge in [-0.2, -0.15) is 0 Å². The summed E-state index contributed by atoms with van der Waals surface area (Å²) in [4.78, 5) is 18.0. The molecule has 2 rings (SSSR count). The fourth-order valence-corrected chi connectivity index (χ4v) is 3.63. The number of rotatable bonds is 4. The van der Waals surface area contributed by atoms with Crippen LogP contribution in [0.1, 0.15) is 64.7 Å². The van der Waals surface area contributed by atoms with Gasteiger partial charge in [0.15, 0.2) is 5.96 Å². The van der Waals surface area contributed by atoms with Crippen LogP contribution in [0.2, 0.25) is 0 Å². The first-order chi connectivity index (χ1) is 11.7. The average molecular weight is 466 g/mol. The normalized spacial score (nSPS) is 21.0. The Morgan fingerprint density at radius 3 is 2.32 bits per heavy atom. The molecule has 1 saturated carbocycles. The van der Waals surface area contributed by atoms with Crippen LogP contribution in [-0.2, 0) is 4.74 Å². The summed E-state index contributed by atoms with van der Waals surface area (Å²) < 4.78 is 5.04. The Bertz CT molecular complexity index is 404. The van der Waals surface area contributed by atoms with Gasteiger partial charge in [-0.3, -0.25) is 4.99 Å². The Hall–Kier alpha value is -0.730. The average Bonchev–Trinajstić information content (AvgIpc) is 2.54. The third-order valence-electron chi connectivity index (χ3n) is 5.12. The van der Waals surface area contributed by atoms with E-state index in [0.29, 0.717) is 37.6 Å².